The van der Waals surface area contributed by atoms with Gasteiger partial charge in [0.1, 0.15) is 5.69 Å². The zero-order valence-electron chi connectivity index (χ0n) is 8.22. The fraction of sp³-hybridized carbons (Fsp3) is 0.333. The molecule has 0 unspecified atom stereocenters. The molecule has 6 heteroatoms. The standard InChI is InChI=1S/C9H14N4O2/c10-9(13-15)8-5-7(1-2-12-8)6-11-3-4-14/h1-2,5,11,14-15H,3-4,6H2,(H2,10,13). The molecule has 5 N–H and O–H groups in total. The van der Waals surface area contributed by atoms with Gasteiger partial charge in [0.25, 0.3) is 0 Å². The predicted octanol–water partition coefficient (Wildman–Crippen LogP) is -0.742. The van der Waals surface area contributed by atoms with Crippen LogP contribution >= 0.6 is 0 Å². The molecule has 0 saturated carbocycles. The van der Waals surface area contributed by atoms with E-state index in [1.807, 2.05) is 6.07 Å². The number of aliphatic hydroxyl groups excluding tert-OH is 1. The molecule has 1 aromatic heterocycles. The van der Waals surface area contributed by atoms with Crippen molar-refractivity contribution in [1.82, 2.24) is 10.3 Å². The van der Waals surface area contributed by atoms with Gasteiger partial charge in [-0.3, -0.25) is 4.98 Å². The van der Waals surface area contributed by atoms with E-state index >= 15 is 0 Å². The highest BCUT2D eigenvalue weighted by molar-refractivity contribution is 5.95. The molecule has 0 fully saturated rings. The van der Waals surface area contributed by atoms with Gasteiger partial charge in [0.15, 0.2) is 5.84 Å². The van der Waals surface area contributed by atoms with E-state index in [1.54, 1.807) is 12.3 Å². The Labute approximate surface area is 87.4 Å². The maximum absolute atomic E-state index is 8.58. The molecule has 1 aromatic rings. The molecular formula is C9H14N4O2. The van der Waals surface area contributed by atoms with E-state index in [0.29, 0.717) is 18.8 Å². The highest BCUT2D eigenvalue weighted by Gasteiger charge is 2.01. The zero-order valence-corrected chi connectivity index (χ0v) is 8.22. The second-order valence-electron chi connectivity index (χ2n) is 2.93. The predicted molar refractivity (Wildman–Crippen MR) is 55.5 cm³/mol. The summed E-state index contributed by atoms with van der Waals surface area (Å²) in [6.45, 7) is 1.23. The molecule has 0 bridgehead atoms. The third kappa shape index (κ3) is 3.53. The first-order chi connectivity index (χ1) is 7.27. The van der Waals surface area contributed by atoms with Crippen molar-refractivity contribution in [2.75, 3.05) is 13.2 Å². The Hall–Kier alpha value is -1.66. The maximum atomic E-state index is 8.58. The summed E-state index contributed by atoms with van der Waals surface area (Å²) in [7, 11) is 0. The van der Waals surface area contributed by atoms with Crippen molar-refractivity contribution < 1.29 is 10.3 Å². The minimum Gasteiger partial charge on any atom is -0.409 e. The first-order valence-corrected chi connectivity index (χ1v) is 4.52. The third-order valence-electron chi connectivity index (χ3n) is 1.81. The minimum atomic E-state index is -0.0148. The number of rotatable bonds is 5. The van der Waals surface area contributed by atoms with Crippen LogP contribution in [0.3, 0.4) is 0 Å². The summed E-state index contributed by atoms with van der Waals surface area (Å²) >= 11 is 0. The zero-order chi connectivity index (χ0) is 11.1. The Morgan fingerprint density at radius 2 is 2.40 bits per heavy atom. The van der Waals surface area contributed by atoms with E-state index in [0.717, 1.165) is 5.56 Å². The number of pyridine rings is 1. The van der Waals surface area contributed by atoms with E-state index in [1.165, 1.54) is 0 Å². The molecule has 0 aliphatic rings. The van der Waals surface area contributed by atoms with Gasteiger partial charge in [0.05, 0.1) is 6.61 Å². The van der Waals surface area contributed by atoms with Crippen LogP contribution in [0, 0.1) is 0 Å². The van der Waals surface area contributed by atoms with Crippen molar-refractivity contribution in [1.29, 1.82) is 0 Å². The number of aliphatic hydroxyl groups is 1. The molecule has 15 heavy (non-hydrogen) atoms. The largest absolute Gasteiger partial charge is 0.409 e. The number of aromatic nitrogens is 1. The van der Waals surface area contributed by atoms with Crippen LogP contribution < -0.4 is 11.1 Å². The molecule has 0 amide bonds. The molecule has 0 aliphatic carbocycles. The lowest BCUT2D eigenvalue weighted by molar-refractivity contribution is 0.292. The Kier molecular flexibility index (Phi) is 4.52. The number of nitrogens with two attached hydrogens (primary N) is 1. The molecule has 0 radical (unpaired) electrons. The van der Waals surface area contributed by atoms with Gasteiger partial charge >= 0.3 is 0 Å². The first kappa shape index (κ1) is 11.4. The van der Waals surface area contributed by atoms with Crippen molar-refractivity contribution in [2.45, 2.75) is 6.54 Å². The van der Waals surface area contributed by atoms with Crippen LogP contribution in [0.15, 0.2) is 23.5 Å². The SMILES string of the molecule is NC(=NO)c1cc(CNCCO)ccn1. The summed E-state index contributed by atoms with van der Waals surface area (Å²) in [5.41, 5.74) is 6.78. The lowest BCUT2D eigenvalue weighted by atomic mass is 10.2. The van der Waals surface area contributed by atoms with E-state index in [4.69, 9.17) is 16.0 Å². The van der Waals surface area contributed by atoms with Crippen LogP contribution in [-0.2, 0) is 6.54 Å². The Balaban J connectivity index is 2.66. The lowest BCUT2D eigenvalue weighted by Crippen LogP contribution is -2.19. The fourth-order valence-electron chi connectivity index (χ4n) is 1.09. The van der Waals surface area contributed by atoms with E-state index in [-0.39, 0.29) is 12.4 Å². The molecule has 0 aromatic carbocycles. The van der Waals surface area contributed by atoms with Gasteiger partial charge in [0.2, 0.25) is 0 Å². The second-order valence-corrected chi connectivity index (χ2v) is 2.93. The van der Waals surface area contributed by atoms with Gasteiger partial charge in [-0.1, -0.05) is 5.16 Å². The summed E-state index contributed by atoms with van der Waals surface area (Å²) in [6, 6.07) is 3.54. The molecule has 0 saturated heterocycles. The van der Waals surface area contributed by atoms with Crippen molar-refractivity contribution in [3.63, 3.8) is 0 Å². The van der Waals surface area contributed by atoms with Crippen LogP contribution in [-0.4, -0.2) is 34.3 Å². The highest BCUT2D eigenvalue weighted by Crippen LogP contribution is 2.01. The summed E-state index contributed by atoms with van der Waals surface area (Å²) < 4.78 is 0. The lowest BCUT2D eigenvalue weighted by Gasteiger charge is -2.04. The van der Waals surface area contributed by atoms with Crippen molar-refractivity contribution in [3.05, 3.63) is 29.6 Å². The van der Waals surface area contributed by atoms with E-state index in [9.17, 15) is 0 Å². The van der Waals surface area contributed by atoms with Gasteiger partial charge in [0, 0.05) is 19.3 Å². The van der Waals surface area contributed by atoms with Crippen molar-refractivity contribution >= 4 is 5.84 Å². The van der Waals surface area contributed by atoms with Crippen LogP contribution in [0.4, 0.5) is 0 Å². The maximum Gasteiger partial charge on any atom is 0.188 e. The van der Waals surface area contributed by atoms with Gasteiger partial charge < -0.3 is 21.4 Å². The number of amidine groups is 1. The summed E-state index contributed by atoms with van der Waals surface area (Å²) in [6.07, 6.45) is 1.59. The van der Waals surface area contributed by atoms with Crippen LogP contribution in [0.1, 0.15) is 11.3 Å². The molecule has 6 nitrogen and oxygen atoms in total. The fourth-order valence-corrected chi connectivity index (χ4v) is 1.09. The Bertz CT molecular complexity index is 341. The second kappa shape index (κ2) is 5.94. The third-order valence-corrected chi connectivity index (χ3v) is 1.81. The Morgan fingerprint density at radius 1 is 1.60 bits per heavy atom. The number of oxime groups is 1. The number of nitrogens with zero attached hydrogens (tertiary/aromatic N) is 2. The summed E-state index contributed by atoms with van der Waals surface area (Å²) in [5.74, 6) is -0.0148. The number of nitrogens with one attached hydrogen (secondary N) is 1. The van der Waals surface area contributed by atoms with E-state index in [2.05, 4.69) is 15.5 Å². The minimum absolute atomic E-state index is 0.0148. The monoisotopic (exact) mass is 210 g/mol. The molecule has 1 heterocycles. The molecule has 0 atom stereocenters. The van der Waals surface area contributed by atoms with Gasteiger partial charge in [-0.25, -0.2) is 0 Å². The topological polar surface area (TPSA) is 104 Å². The quantitative estimate of drug-likeness (QED) is 0.168. The van der Waals surface area contributed by atoms with Crippen LogP contribution in [0.5, 0.6) is 0 Å². The Morgan fingerprint density at radius 3 is 3.07 bits per heavy atom. The smallest absolute Gasteiger partial charge is 0.188 e. The number of hydrogen-bond acceptors (Lipinski definition) is 5. The average Bonchev–Trinajstić information content (AvgIpc) is 2.29. The molecular weight excluding hydrogens is 196 g/mol. The van der Waals surface area contributed by atoms with E-state index < -0.39 is 0 Å². The molecule has 0 spiro atoms. The summed E-state index contributed by atoms with van der Waals surface area (Å²) in [4.78, 5) is 3.95. The number of hydrogen-bond donors (Lipinski definition) is 4. The van der Waals surface area contributed by atoms with Crippen molar-refractivity contribution in [3.8, 4) is 0 Å². The van der Waals surface area contributed by atoms with Crippen molar-refractivity contribution in [2.24, 2.45) is 10.9 Å². The van der Waals surface area contributed by atoms with Crippen LogP contribution in [0.2, 0.25) is 0 Å². The summed E-state index contributed by atoms with van der Waals surface area (Å²) in [5, 5.41) is 22.9. The normalized spacial score (nSPS) is 11.7. The molecule has 0 aliphatic heterocycles. The van der Waals surface area contributed by atoms with Crippen LogP contribution in [0.25, 0.3) is 0 Å². The highest BCUT2D eigenvalue weighted by atomic mass is 16.4. The average molecular weight is 210 g/mol. The van der Waals surface area contributed by atoms with Gasteiger partial charge in [-0.05, 0) is 17.7 Å². The molecule has 1 rings (SSSR count). The van der Waals surface area contributed by atoms with Gasteiger partial charge in [-0.2, -0.15) is 0 Å². The first-order valence-electron chi connectivity index (χ1n) is 4.52. The van der Waals surface area contributed by atoms with Gasteiger partial charge in [-0.15, -0.1) is 0 Å². The molecule has 82 valence electrons.